The molecule has 1 aromatic carbocycles. The highest BCUT2D eigenvalue weighted by atomic mass is 32.2. The van der Waals surface area contributed by atoms with Gasteiger partial charge in [0.1, 0.15) is 0 Å². The van der Waals surface area contributed by atoms with Crippen LogP contribution in [0.3, 0.4) is 0 Å². The van der Waals surface area contributed by atoms with Gasteiger partial charge >= 0.3 is 0 Å². The van der Waals surface area contributed by atoms with Gasteiger partial charge in [0.2, 0.25) is 10.0 Å². The van der Waals surface area contributed by atoms with Gasteiger partial charge in [-0.1, -0.05) is 0 Å². The highest BCUT2D eigenvalue weighted by Crippen LogP contribution is 2.30. The van der Waals surface area contributed by atoms with Crippen molar-refractivity contribution < 1.29 is 17.9 Å². The second-order valence-corrected chi connectivity index (χ2v) is 7.70. The fourth-order valence-electron chi connectivity index (χ4n) is 2.97. The van der Waals surface area contributed by atoms with Crippen molar-refractivity contribution in [2.45, 2.75) is 25.3 Å². The molecule has 0 radical (unpaired) electrons. The van der Waals surface area contributed by atoms with Crippen LogP contribution in [-0.4, -0.2) is 46.4 Å². The molecule has 2 heterocycles. The molecule has 1 N–H and O–H groups in total. The van der Waals surface area contributed by atoms with Crippen molar-refractivity contribution in [1.29, 1.82) is 0 Å². The van der Waals surface area contributed by atoms with Crippen LogP contribution in [0.1, 0.15) is 28.8 Å². The lowest BCUT2D eigenvalue weighted by atomic mass is 10.1. The van der Waals surface area contributed by atoms with Crippen LogP contribution < -0.4 is 9.62 Å². The Morgan fingerprint density at radius 2 is 2.05 bits per heavy atom. The van der Waals surface area contributed by atoms with Gasteiger partial charge in [0.15, 0.2) is 0 Å². The molecular formula is C15H20N2O4S. The van der Waals surface area contributed by atoms with E-state index in [1.165, 1.54) is 10.6 Å². The van der Waals surface area contributed by atoms with E-state index < -0.39 is 10.0 Å². The van der Waals surface area contributed by atoms with Crippen LogP contribution in [-0.2, 0) is 21.2 Å². The molecule has 0 aliphatic carbocycles. The number of nitrogens with zero attached hydrogens (tertiary/aromatic N) is 1. The molecule has 1 aromatic rings. The van der Waals surface area contributed by atoms with Crippen LogP contribution in [0.2, 0.25) is 0 Å². The van der Waals surface area contributed by atoms with E-state index in [1.807, 2.05) is 0 Å². The van der Waals surface area contributed by atoms with E-state index >= 15 is 0 Å². The lowest BCUT2D eigenvalue weighted by molar-refractivity contribution is 0.0696. The summed E-state index contributed by atoms with van der Waals surface area (Å²) in [7, 11) is -3.25. The molecule has 0 unspecified atom stereocenters. The summed E-state index contributed by atoms with van der Waals surface area (Å²) in [5.41, 5.74) is 2.18. The molecule has 3 rings (SSSR count). The lowest BCUT2D eigenvalue weighted by Crippen LogP contribution is -2.38. The van der Waals surface area contributed by atoms with Crippen molar-refractivity contribution in [3.63, 3.8) is 0 Å². The number of hydrogen-bond donors (Lipinski definition) is 1. The van der Waals surface area contributed by atoms with E-state index in [9.17, 15) is 13.2 Å². The highest BCUT2D eigenvalue weighted by molar-refractivity contribution is 7.92. The summed E-state index contributed by atoms with van der Waals surface area (Å²) in [4.78, 5) is 12.3. The van der Waals surface area contributed by atoms with Crippen molar-refractivity contribution in [2.75, 3.05) is 30.3 Å². The minimum absolute atomic E-state index is 0.104. The van der Waals surface area contributed by atoms with Crippen molar-refractivity contribution in [1.82, 2.24) is 5.32 Å². The third kappa shape index (κ3) is 3.10. The topological polar surface area (TPSA) is 75.7 Å². The van der Waals surface area contributed by atoms with Crippen molar-refractivity contribution in [2.24, 2.45) is 0 Å². The van der Waals surface area contributed by atoms with Crippen molar-refractivity contribution >= 4 is 21.6 Å². The third-order valence-corrected chi connectivity index (χ3v) is 5.33. The summed E-state index contributed by atoms with van der Waals surface area (Å²) in [6.45, 7) is 1.80. The number of carbonyl (C=O) groups excluding carboxylic acids is 1. The van der Waals surface area contributed by atoms with Crippen LogP contribution in [0.25, 0.3) is 0 Å². The van der Waals surface area contributed by atoms with E-state index in [0.717, 1.165) is 18.4 Å². The van der Waals surface area contributed by atoms with Crippen molar-refractivity contribution in [3.05, 3.63) is 29.3 Å². The molecule has 0 bridgehead atoms. The zero-order valence-corrected chi connectivity index (χ0v) is 13.4. The summed E-state index contributed by atoms with van der Waals surface area (Å²) in [5, 5.41) is 3.02. The van der Waals surface area contributed by atoms with Gasteiger partial charge in [-0.25, -0.2) is 8.42 Å². The van der Waals surface area contributed by atoms with Crippen LogP contribution >= 0.6 is 0 Å². The number of benzene rings is 1. The number of fused-ring (bicyclic) bond motifs is 1. The molecule has 0 atom stereocenters. The Balaban J connectivity index is 1.75. The Hall–Kier alpha value is -1.60. The number of ether oxygens (including phenoxy) is 1. The smallest absolute Gasteiger partial charge is 0.251 e. The lowest BCUT2D eigenvalue weighted by Gasteiger charge is -2.23. The van der Waals surface area contributed by atoms with E-state index in [0.29, 0.717) is 37.4 Å². The molecule has 2 aliphatic heterocycles. The molecule has 1 fully saturated rings. The zero-order chi connectivity index (χ0) is 15.7. The Morgan fingerprint density at radius 1 is 1.32 bits per heavy atom. The monoisotopic (exact) mass is 324 g/mol. The van der Waals surface area contributed by atoms with Gasteiger partial charge in [-0.15, -0.1) is 0 Å². The summed E-state index contributed by atoms with van der Waals surface area (Å²) in [6.07, 6.45) is 3.51. The van der Waals surface area contributed by atoms with E-state index in [-0.39, 0.29) is 11.9 Å². The third-order valence-electron chi connectivity index (χ3n) is 4.15. The normalized spacial score (nSPS) is 19.0. The summed E-state index contributed by atoms with van der Waals surface area (Å²) < 4.78 is 30.1. The Morgan fingerprint density at radius 3 is 2.73 bits per heavy atom. The highest BCUT2D eigenvalue weighted by Gasteiger charge is 2.27. The maximum atomic E-state index is 12.3. The molecule has 120 valence electrons. The molecule has 0 saturated carbocycles. The van der Waals surface area contributed by atoms with Crippen LogP contribution in [0, 0.1) is 0 Å². The Labute approximate surface area is 130 Å². The van der Waals surface area contributed by atoms with Gasteiger partial charge in [0.05, 0.1) is 11.9 Å². The fourth-order valence-corrected chi connectivity index (χ4v) is 3.93. The second kappa shape index (κ2) is 5.89. The summed E-state index contributed by atoms with van der Waals surface area (Å²) in [5.74, 6) is -0.104. The number of amides is 1. The first-order chi connectivity index (χ1) is 10.4. The SMILES string of the molecule is CS(=O)(=O)N1CCc2cc(C(=O)NC3CCOCC3)ccc21. The number of rotatable bonds is 3. The van der Waals surface area contributed by atoms with E-state index in [2.05, 4.69) is 5.32 Å². The first-order valence-corrected chi connectivity index (χ1v) is 9.29. The summed E-state index contributed by atoms with van der Waals surface area (Å²) >= 11 is 0. The molecule has 0 aromatic heterocycles. The average molecular weight is 324 g/mol. The number of carbonyl (C=O) groups is 1. The standard InChI is InChI=1S/C15H20N2O4S/c1-22(19,20)17-7-4-11-10-12(2-3-14(11)17)15(18)16-13-5-8-21-9-6-13/h2-3,10,13H,4-9H2,1H3,(H,16,18). The van der Waals surface area contributed by atoms with Crippen LogP contribution in [0.5, 0.6) is 0 Å². The quantitative estimate of drug-likeness (QED) is 0.897. The number of hydrogen-bond acceptors (Lipinski definition) is 4. The maximum absolute atomic E-state index is 12.3. The van der Waals surface area contributed by atoms with Gasteiger partial charge in [0.25, 0.3) is 5.91 Å². The van der Waals surface area contributed by atoms with Crippen molar-refractivity contribution in [3.8, 4) is 0 Å². The van der Waals surface area contributed by atoms with Gasteiger partial charge in [0, 0.05) is 31.4 Å². The minimum Gasteiger partial charge on any atom is -0.381 e. The van der Waals surface area contributed by atoms with Gasteiger partial charge in [-0.2, -0.15) is 0 Å². The minimum atomic E-state index is -3.25. The molecular weight excluding hydrogens is 304 g/mol. The predicted molar refractivity (Wildman–Crippen MR) is 83.6 cm³/mol. The molecule has 6 nitrogen and oxygen atoms in total. The number of nitrogens with one attached hydrogen (secondary N) is 1. The van der Waals surface area contributed by atoms with Crippen LogP contribution in [0.4, 0.5) is 5.69 Å². The van der Waals surface area contributed by atoms with Gasteiger partial charge < -0.3 is 10.1 Å². The maximum Gasteiger partial charge on any atom is 0.251 e. The predicted octanol–water partition coefficient (Wildman–Crippen LogP) is 0.917. The van der Waals surface area contributed by atoms with E-state index in [1.54, 1.807) is 18.2 Å². The Bertz CT molecular complexity index is 681. The molecule has 1 saturated heterocycles. The fraction of sp³-hybridized carbons (Fsp3) is 0.533. The van der Waals surface area contributed by atoms with Gasteiger partial charge in [-0.05, 0) is 43.0 Å². The largest absolute Gasteiger partial charge is 0.381 e. The van der Waals surface area contributed by atoms with E-state index in [4.69, 9.17) is 4.74 Å². The summed E-state index contributed by atoms with van der Waals surface area (Å²) in [6, 6.07) is 5.37. The van der Waals surface area contributed by atoms with Crippen LogP contribution in [0.15, 0.2) is 18.2 Å². The average Bonchev–Trinajstić information content (AvgIpc) is 2.91. The first kappa shape index (κ1) is 15.3. The molecule has 1 amide bonds. The Kier molecular flexibility index (Phi) is 4.10. The molecule has 7 heteroatoms. The first-order valence-electron chi connectivity index (χ1n) is 7.44. The molecule has 0 spiro atoms. The number of anilines is 1. The number of sulfonamides is 1. The van der Waals surface area contributed by atoms with Gasteiger partial charge in [-0.3, -0.25) is 9.10 Å². The second-order valence-electron chi connectivity index (χ2n) is 5.79. The zero-order valence-electron chi connectivity index (χ0n) is 12.5. The molecule has 2 aliphatic rings. The molecule has 22 heavy (non-hydrogen) atoms.